The molecule has 0 fully saturated rings. The Labute approximate surface area is 176 Å². The molecule has 2 aromatic carbocycles. The van der Waals surface area contributed by atoms with E-state index in [1.54, 1.807) is 40.9 Å². The minimum atomic E-state index is -4.43. The first-order valence-corrected chi connectivity index (χ1v) is 9.42. The maximum Gasteiger partial charge on any atom is 0.416 e. The van der Waals surface area contributed by atoms with Crippen molar-refractivity contribution in [3.63, 3.8) is 0 Å². The summed E-state index contributed by atoms with van der Waals surface area (Å²) in [4.78, 5) is 4.55. The van der Waals surface area contributed by atoms with Crippen LogP contribution in [0.3, 0.4) is 0 Å². The molecular formula is C24H17F3N2O2. The molecule has 0 aliphatic carbocycles. The number of aromatic nitrogens is 2. The molecule has 0 amide bonds. The number of benzene rings is 2. The molecule has 156 valence electrons. The van der Waals surface area contributed by atoms with Gasteiger partial charge in [-0.3, -0.25) is 4.40 Å². The fraction of sp³-hybridized carbons (Fsp3) is 0.125. The molecule has 4 nitrogen and oxygen atoms in total. The Balaban J connectivity index is 1.69. The van der Waals surface area contributed by atoms with Crippen LogP contribution in [0, 0.1) is 11.8 Å². The van der Waals surface area contributed by atoms with Gasteiger partial charge in [0.2, 0.25) is 0 Å². The quantitative estimate of drug-likeness (QED) is 0.480. The second kappa shape index (κ2) is 8.54. The topological polar surface area (TPSA) is 46.8 Å². The first kappa shape index (κ1) is 20.5. The van der Waals surface area contributed by atoms with E-state index in [1.165, 1.54) is 12.1 Å². The minimum Gasteiger partial charge on any atom is -0.487 e. The molecule has 31 heavy (non-hydrogen) atoms. The summed E-state index contributed by atoms with van der Waals surface area (Å²) in [5, 5.41) is 9.47. The molecule has 0 radical (unpaired) electrons. The first-order chi connectivity index (χ1) is 15.0. The van der Waals surface area contributed by atoms with Crippen molar-refractivity contribution in [1.29, 1.82) is 0 Å². The van der Waals surface area contributed by atoms with Gasteiger partial charge in [0.25, 0.3) is 0 Å². The maximum absolute atomic E-state index is 13.0. The van der Waals surface area contributed by atoms with Crippen molar-refractivity contribution in [2.75, 3.05) is 0 Å². The highest BCUT2D eigenvalue weighted by Crippen LogP contribution is 2.29. The lowest BCUT2D eigenvalue weighted by atomic mass is 10.1. The third kappa shape index (κ3) is 4.55. The smallest absolute Gasteiger partial charge is 0.416 e. The third-order valence-electron chi connectivity index (χ3n) is 4.62. The van der Waals surface area contributed by atoms with Gasteiger partial charge in [0.1, 0.15) is 29.4 Å². The van der Waals surface area contributed by atoms with Gasteiger partial charge < -0.3 is 9.84 Å². The SMILES string of the molecule is OCc1ccccc1OCc1nc2ccccn2c1C#Cc1cccc(C(F)(F)F)c1. The van der Waals surface area contributed by atoms with Crippen molar-refractivity contribution in [3.8, 4) is 17.6 Å². The van der Waals surface area contributed by atoms with Crippen molar-refractivity contribution in [1.82, 2.24) is 9.38 Å². The standard InChI is InChI=1S/C24H17F3N2O2/c25-24(26,27)19-8-5-6-17(14-19)11-12-21-20(28-23-10-3-4-13-29(21)23)16-31-22-9-2-1-7-18(22)15-30/h1-10,13-14,30H,15-16H2. The van der Waals surface area contributed by atoms with Crippen LogP contribution in [0.5, 0.6) is 5.75 Å². The van der Waals surface area contributed by atoms with Crippen LogP contribution in [0.2, 0.25) is 0 Å². The van der Waals surface area contributed by atoms with Gasteiger partial charge in [0.05, 0.1) is 12.2 Å². The number of alkyl halides is 3. The molecule has 2 aromatic heterocycles. The summed E-state index contributed by atoms with van der Waals surface area (Å²) in [5.74, 6) is 6.28. The Morgan fingerprint density at radius 1 is 0.968 bits per heavy atom. The molecule has 0 aliphatic rings. The summed E-state index contributed by atoms with van der Waals surface area (Å²) in [7, 11) is 0. The first-order valence-electron chi connectivity index (χ1n) is 9.42. The molecular weight excluding hydrogens is 405 g/mol. The van der Waals surface area contributed by atoms with E-state index in [-0.39, 0.29) is 18.8 Å². The van der Waals surface area contributed by atoms with Gasteiger partial charge in [-0.15, -0.1) is 0 Å². The summed E-state index contributed by atoms with van der Waals surface area (Å²) in [6.07, 6.45) is -2.65. The number of halogens is 3. The van der Waals surface area contributed by atoms with Crippen molar-refractivity contribution < 1.29 is 23.0 Å². The number of rotatable bonds is 4. The van der Waals surface area contributed by atoms with Crippen LogP contribution in [0.25, 0.3) is 5.65 Å². The Morgan fingerprint density at radius 2 is 1.77 bits per heavy atom. The predicted octanol–water partition coefficient (Wildman–Crippen LogP) is 4.82. The molecule has 0 bridgehead atoms. The monoisotopic (exact) mass is 422 g/mol. The van der Waals surface area contributed by atoms with E-state index in [9.17, 15) is 18.3 Å². The summed E-state index contributed by atoms with van der Waals surface area (Å²) in [6.45, 7) is -0.0746. The van der Waals surface area contributed by atoms with Crippen LogP contribution in [-0.4, -0.2) is 14.5 Å². The van der Waals surface area contributed by atoms with Crippen molar-refractivity contribution >= 4 is 5.65 Å². The van der Waals surface area contributed by atoms with Crippen LogP contribution in [0.4, 0.5) is 13.2 Å². The molecule has 0 saturated heterocycles. The number of ether oxygens (including phenoxy) is 1. The van der Waals surface area contributed by atoms with E-state index in [0.717, 1.165) is 12.1 Å². The lowest BCUT2D eigenvalue weighted by Crippen LogP contribution is -2.04. The van der Waals surface area contributed by atoms with Crippen LogP contribution in [-0.2, 0) is 19.4 Å². The Hall–Kier alpha value is -3.76. The fourth-order valence-corrected chi connectivity index (χ4v) is 3.10. The van der Waals surface area contributed by atoms with Crippen LogP contribution >= 0.6 is 0 Å². The summed E-state index contributed by atoms with van der Waals surface area (Å²) in [6, 6.07) is 17.4. The zero-order valence-electron chi connectivity index (χ0n) is 16.2. The van der Waals surface area contributed by atoms with Gasteiger partial charge in [-0.1, -0.05) is 36.3 Å². The summed E-state index contributed by atoms with van der Waals surface area (Å²) in [5.41, 5.74) is 1.85. The molecule has 0 unspecified atom stereocenters. The molecule has 4 rings (SSSR count). The normalized spacial score (nSPS) is 11.2. The van der Waals surface area contributed by atoms with Crippen molar-refractivity contribution in [2.24, 2.45) is 0 Å². The van der Waals surface area contributed by atoms with Crippen LogP contribution < -0.4 is 4.74 Å². The largest absolute Gasteiger partial charge is 0.487 e. The zero-order chi connectivity index (χ0) is 21.8. The molecule has 4 aromatic rings. The van der Waals surface area contributed by atoms with Gasteiger partial charge >= 0.3 is 6.18 Å². The predicted molar refractivity (Wildman–Crippen MR) is 109 cm³/mol. The van der Waals surface area contributed by atoms with E-state index >= 15 is 0 Å². The number of para-hydroxylation sites is 1. The molecule has 0 saturated carbocycles. The number of hydrogen-bond donors (Lipinski definition) is 1. The molecule has 0 aliphatic heterocycles. The summed E-state index contributed by atoms with van der Waals surface area (Å²) < 4.78 is 46.6. The third-order valence-corrected chi connectivity index (χ3v) is 4.62. The van der Waals surface area contributed by atoms with Gasteiger partial charge in [0, 0.05) is 17.3 Å². The highest BCUT2D eigenvalue weighted by atomic mass is 19.4. The number of fused-ring (bicyclic) bond motifs is 1. The highest BCUT2D eigenvalue weighted by molar-refractivity contribution is 5.51. The Kier molecular flexibility index (Phi) is 5.65. The maximum atomic E-state index is 13.0. The minimum absolute atomic E-state index is 0.0886. The number of hydrogen-bond acceptors (Lipinski definition) is 3. The lowest BCUT2D eigenvalue weighted by molar-refractivity contribution is -0.137. The Bertz CT molecular complexity index is 1280. The van der Waals surface area contributed by atoms with E-state index < -0.39 is 11.7 Å². The van der Waals surface area contributed by atoms with Crippen LogP contribution in [0.15, 0.2) is 72.9 Å². The van der Waals surface area contributed by atoms with Gasteiger partial charge in [0.15, 0.2) is 0 Å². The summed E-state index contributed by atoms with van der Waals surface area (Å²) >= 11 is 0. The van der Waals surface area contributed by atoms with E-state index in [0.29, 0.717) is 28.3 Å². The molecule has 1 N–H and O–H groups in total. The van der Waals surface area contributed by atoms with Gasteiger partial charge in [-0.05, 0) is 42.3 Å². The van der Waals surface area contributed by atoms with E-state index in [4.69, 9.17) is 4.74 Å². The lowest BCUT2D eigenvalue weighted by Gasteiger charge is -2.08. The van der Waals surface area contributed by atoms with Crippen molar-refractivity contribution in [3.05, 3.63) is 101 Å². The second-order valence-electron chi connectivity index (χ2n) is 6.72. The second-order valence-corrected chi connectivity index (χ2v) is 6.72. The van der Waals surface area contributed by atoms with Gasteiger partial charge in [-0.25, -0.2) is 4.98 Å². The van der Waals surface area contributed by atoms with E-state index in [1.807, 2.05) is 12.1 Å². The molecule has 0 atom stereocenters. The molecule has 0 spiro atoms. The van der Waals surface area contributed by atoms with Gasteiger partial charge in [-0.2, -0.15) is 13.2 Å². The number of imidazole rings is 1. The molecule has 2 heterocycles. The zero-order valence-corrected chi connectivity index (χ0v) is 16.2. The van der Waals surface area contributed by atoms with Crippen molar-refractivity contribution in [2.45, 2.75) is 19.4 Å². The highest BCUT2D eigenvalue weighted by Gasteiger charge is 2.30. The van der Waals surface area contributed by atoms with Crippen LogP contribution in [0.1, 0.15) is 28.1 Å². The number of aliphatic hydroxyl groups is 1. The Morgan fingerprint density at radius 3 is 2.58 bits per heavy atom. The average molecular weight is 422 g/mol. The number of nitrogens with zero attached hydrogens (tertiary/aromatic N) is 2. The fourth-order valence-electron chi connectivity index (χ4n) is 3.10. The molecule has 7 heteroatoms. The number of aliphatic hydroxyl groups excluding tert-OH is 1. The van der Waals surface area contributed by atoms with E-state index in [2.05, 4.69) is 16.8 Å². The average Bonchev–Trinajstić information content (AvgIpc) is 3.13. The number of pyridine rings is 1.